The average Bonchev–Trinajstić information content (AvgIpc) is 3.42. The first-order valence-corrected chi connectivity index (χ1v) is 10.9. The third-order valence-electron chi connectivity index (χ3n) is 5.86. The van der Waals surface area contributed by atoms with E-state index >= 15 is 0 Å². The number of aromatic nitrogens is 4. The number of fused-ring (bicyclic) bond motifs is 1. The minimum Gasteiger partial charge on any atom is -0.351 e. The highest BCUT2D eigenvalue weighted by Gasteiger charge is 2.24. The number of nitrogens with one attached hydrogen (secondary N) is 1. The molecule has 0 saturated heterocycles. The van der Waals surface area contributed by atoms with Gasteiger partial charge in [-0.3, -0.25) is 9.59 Å². The third kappa shape index (κ3) is 4.95. The van der Waals surface area contributed by atoms with Crippen LogP contribution in [0.25, 0.3) is 11.0 Å². The summed E-state index contributed by atoms with van der Waals surface area (Å²) >= 11 is 0. The van der Waals surface area contributed by atoms with E-state index in [-0.39, 0.29) is 17.9 Å². The normalized spacial score (nSPS) is 12.0. The third-order valence-corrected chi connectivity index (χ3v) is 5.86. The standard InChI is InChI=1S/C25H28N6O2/c1-29-16-8-13-22(29)24(32)26-15-14-19(17-18-9-5-4-6-10-18)30(2)25(33)20-11-7-12-21-23(20)28-31(3)27-21/h4-13,16,19H,14-15,17H2,1-3H3,(H,26,32). The number of likely N-dealkylation sites (N-methyl/N-ethyl adjacent to an activating group) is 1. The smallest absolute Gasteiger partial charge is 0.267 e. The minimum absolute atomic E-state index is 0.111. The summed E-state index contributed by atoms with van der Waals surface area (Å²) in [6.45, 7) is 0.453. The maximum absolute atomic E-state index is 13.5. The van der Waals surface area contributed by atoms with E-state index in [1.807, 2.05) is 56.7 Å². The Morgan fingerprint density at radius 1 is 1.00 bits per heavy atom. The molecule has 0 saturated carbocycles. The van der Waals surface area contributed by atoms with Crippen molar-refractivity contribution < 1.29 is 9.59 Å². The predicted molar refractivity (Wildman–Crippen MR) is 127 cm³/mol. The number of hydrogen-bond acceptors (Lipinski definition) is 4. The molecule has 0 aliphatic carbocycles. The van der Waals surface area contributed by atoms with Crippen molar-refractivity contribution >= 4 is 22.8 Å². The van der Waals surface area contributed by atoms with Crippen LogP contribution in [0.15, 0.2) is 66.9 Å². The van der Waals surface area contributed by atoms with Crippen molar-refractivity contribution in [2.24, 2.45) is 14.1 Å². The van der Waals surface area contributed by atoms with Gasteiger partial charge in [0.05, 0.1) is 5.56 Å². The van der Waals surface area contributed by atoms with Gasteiger partial charge in [0.2, 0.25) is 0 Å². The van der Waals surface area contributed by atoms with E-state index in [1.165, 1.54) is 4.80 Å². The minimum atomic E-state index is -0.126. The molecule has 8 heteroatoms. The molecule has 4 rings (SSSR count). The molecule has 8 nitrogen and oxygen atoms in total. The van der Waals surface area contributed by atoms with E-state index in [2.05, 4.69) is 27.6 Å². The molecule has 1 N–H and O–H groups in total. The lowest BCUT2D eigenvalue weighted by Crippen LogP contribution is -2.41. The second-order valence-electron chi connectivity index (χ2n) is 8.17. The zero-order chi connectivity index (χ0) is 23.4. The SMILES string of the molecule is CN(C(=O)c1cccc2nn(C)nc12)C(CCNC(=O)c1cccn1C)Cc1ccccc1. The van der Waals surface area contributed by atoms with Crippen molar-refractivity contribution in [3.8, 4) is 0 Å². The van der Waals surface area contributed by atoms with E-state index in [0.29, 0.717) is 41.7 Å². The molecule has 4 aromatic rings. The molecule has 0 bridgehead atoms. The Kier molecular flexibility index (Phi) is 6.53. The number of carbonyl (C=O) groups is 2. The van der Waals surface area contributed by atoms with Gasteiger partial charge in [0.15, 0.2) is 0 Å². The molecule has 2 aromatic carbocycles. The Hall–Kier alpha value is -3.94. The summed E-state index contributed by atoms with van der Waals surface area (Å²) in [4.78, 5) is 29.2. The van der Waals surface area contributed by atoms with Crippen LogP contribution in [-0.4, -0.2) is 55.9 Å². The van der Waals surface area contributed by atoms with Crippen LogP contribution in [0.5, 0.6) is 0 Å². The van der Waals surface area contributed by atoms with Gasteiger partial charge in [-0.1, -0.05) is 36.4 Å². The molecule has 2 aromatic heterocycles. The molecule has 2 amide bonds. The van der Waals surface area contributed by atoms with Crippen LogP contribution in [0.1, 0.15) is 32.8 Å². The van der Waals surface area contributed by atoms with E-state index in [4.69, 9.17) is 0 Å². The second kappa shape index (κ2) is 9.68. The fraction of sp³-hybridized carbons (Fsp3) is 0.280. The molecule has 0 spiro atoms. The van der Waals surface area contributed by atoms with Gasteiger partial charge >= 0.3 is 0 Å². The molecule has 0 radical (unpaired) electrons. The Morgan fingerprint density at radius 2 is 1.79 bits per heavy atom. The van der Waals surface area contributed by atoms with Gasteiger partial charge < -0.3 is 14.8 Å². The molecule has 0 fully saturated rings. The van der Waals surface area contributed by atoms with E-state index in [0.717, 1.165) is 5.56 Å². The summed E-state index contributed by atoms with van der Waals surface area (Å²) in [5.41, 5.74) is 3.54. The number of carbonyl (C=O) groups excluding carboxylic acids is 2. The van der Waals surface area contributed by atoms with Gasteiger partial charge in [-0.15, -0.1) is 0 Å². The average molecular weight is 445 g/mol. The summed E-state index contributed by atoms with van der Waals surface area (Å²) in [5, 5.41) is 11.7. The first kappa shape index (κ1) is 22.3. The zero-order valence-corrected chi connectivity index (χ0v) is 19.1. The summed E-state index contributed by atoms with van der Waals surface area (Å²) in [6, 6.07) is 19.0. The first-order chi connectivity index (χ1) is 15.9. The maximum Gasteiger partial charge on any atom is 0.267 e. The number of aryl methyl sites for hydroxylation is 2. The van der Waals surface area contributed by atoms with Gasteiger partial charge in [-0.2, -0.15) is 15.0 Å². The van der Waals surface area contributed by atoms with Crippen LogP contribution in [0, 0.1) is 0 Å². The fourth-order valence-electron chi connectivity index (χ4n) is 4.03. The van der Waals surface area contributed by atoms with Crippen LogP contribution in [-0.2, 0) is 20.5 Å². The topological polar surface area (TPSA) is 85.1 Å². The van der Waals surface area contributed by atoms with Gasteiger partial charge in [-0.25, -0.2) is 0 Å². The van der Waals surface area contributed by atoms with Gasteiger partial charge in [0.25, 0.3) is 11.8 Å². The van der Waals surface area contributed by atoms with E-state index < -0.39 is 0 Å². The van der Waals surface area contributed by atoms with Crippen LogP contribution in [0.2, 0.25) is 0 Å². The second-order valence-corrected chi connectivity index (χ2v) is 8.17. The van der Waals surface area contributed by atoms with Crippen molar-refractivity contribution in [3.63, 3.8) is 0 Å². The largest absolute Gasteiger partial charge is 0.351 e. The number of nitrogens with zero attached hydrogens (tertiary/aromatic N) is 5. The van der Waals surface area contributed by atoms with Gasteiger partial charge in [0, 0.05) is 39.9 Å². The highest BCUT2D eigenvalue weighted by Crippen LogP contribution is 2.19. The van der Waals surface area contributed by atoms with Crippen LogP contribution in [0.4, 0.5) is 0 Å². The summed E-state index contributed by atoms with van der Waals surface area (Å²) in [6.07, 6.45) is 3.13. The molecule has 1 unspecified atom stereocenters. The van der Waals surface area contributed by atoms with E-state index in [1.54, 1.807) is 28.6 Å². The van der Waals surface area contributed by atoms with Crippen molar-refractivity contribution in [2.45, 2.75) is 18.9 Å². The first-order valence-electron chi connectivity index (χ1n) is 10.9. The lowest BCUT2D eigenvalue weighted by Gasteiger charge is -2.29. The number of amides is 2. The Balaban J connectivity index is 1.52. The Bertz CT molecular complexity index is 1260. The monoisotopic (exact) mass is 444 g/mol. The molecule has 0 aliphatic rings. The number of rotatable bonds is 8. The predicted octanol–water partition coefficient (Wildman–Crippen LogP) is 2.81. The maximum atomic E-state index is 13.5. The summed E-state index contributed by atoms with van der Waals surface area (Å²) in [7, 11) is 5.39. The summed E-state index contributed by atoms with van der Waals surface area (Å²) in [5.74, 6) is -0.241. The molecule has 1 atom stereocenters. The fourth-order valence-corrected chi connectivity index (χ4v) is 4.03. The van der Waals surface area contributed by atoms with Crippen LogP contribution < -0.4 is 5.32 Å². The highest BCUT2D eigenvalue weighted by molar-refractivity contribution is 6.04. The van der Waals surface area contributed by atoms with E-state index in [9.17, 15) is 9.59 Å². The molecular weight excluding hydrogens is 416 g/mol. The van der Waals surface area contributed by atoms with Gasteiger partial charge in [-0.05, 0) is 42.7 Å². The van der Waals surface area contributed by atoms with Crippen molar-refractivity contribution in [3.05, 3.63) is 83.7 Å². The zero-order valence-electron chi connectivity index (χ0n) is 19.1. The molecule has 170 valence electrons. The quantitative estimate of drug-likeness (QED) is 0.453. The lowest BCUT2D eigenvalue weighted by molar-refractivity contribution is 0.0724. The highest BCUT2D eigenvalue weighted by atomic mass is 16.2. The Morgan fingerprint density at radius 3 is 2.52 bits per heavy atom. The van der Waals surface area contributed by atoms with Crippen LogP contribution >= 0.6 is 0 Å². The lowest BCUT2D eigenvalue weighted by atomic mass is 10.0. The molecule has 0 aliphatic heterocycles. The van der Waals surface area contributed by atoms with Gasteiger partial charge in [0.1, 0.15) is 16.7 Å². The Labute approximate surface area is 192 Å². The molecular formula is C25H28N6O2. The number of benzene rings is 2. The van der Waals surface area contributed by atoms with Crippen molar-refractivity contribution in [1.29, 1.82) is 0 Å². The molecule has 2 heterocycles. The number of hydrogen-bond donors (Lipinski definition) is 1. The van der Waals surface area contributed by atoms with Crippen LogP contribution in [0.3, 0.4) is 0 Å². The summed E-state index contributed by atoms with van der Waals surface area (Å²) < 4.78 is 1.79. The van der Waals surface area contributed by atoms with Crippen molar-refractivity contribution in [2.75, 3.05) is 13.6 Å². The molecule has 33 heavy (non-hydrogen) atoms. The van der Waals surface area contributed by atoms with Crippen molar-refractivity contribution in [1.82, 2.24) is 29.8 Å².